The fourth-order valence-corrected chi connectivity index (χ4v) is 4.17. The number of aromatic amines is 1. The molecule has 0 amide bonds. The molecule has 0 atom stereocenters. The number of benzene rings is 2. The summed E-state index contributed by atoms with van der Waals surface area (Å²) >= 11 is 0. The molecular formula is C23H29N3O6S. The van der Waals surface area contributed by atoms with Crippen molar-refractivity contribution in [1.29, 1.82) is 0 Å². The van der Waals surface area contributed by atoms with Crippen LogP contribution >= 0.6 is 0 Å². The fraction of sp³-hybridized carbons (Fsp3) is 0.348. The number of sulfonamides is 1. The number of aryl methyl sites for hydroxylation is 1. The lowest BCUT2D eigenvalue weighted by atomic mass is 10.1. The molecule has 10 heteroatoms. The Morgan fingerprint density at radius 3 is 2.64 bits per heavy atom. The summed E-state index contributed by atoms with van der Waals surface area (Å²) in [6.07, 6.45) is 1.09. The van der Waals surface area contributed by atoms with E-state index in [1.54, 1.807) is 31.2 Å². The second-order valence-electron chi connectivity index (χ2n) is 7.50. The van der Waals surface area contributed by atoms with Crippen LogP contribution in [0.1, 0.15) is 23.0 Å². The van der Waals surface area contributed by atoms with Gasteiger partial charge in [0.15, 0.2) is 0 Å². The first kappa shape index (κ1) is 24.4. The molecule has 1 aromatic heterocycles. The molecule has 33 heavy (non-hydrogen) atoms. The standard InChI is InChI=1S/C23H29N3O6S/c1-4-31-23(28)22-16(2)18-10-9-17(15-20(18)24-22)32-14-12-26(11-13-27)21-8-6-5-7-19(21)25-33(3,29)30/h5-10,15,24-25,27H,4,11-14H2,1-3H3. The van der Waals surface area contributed by atoms with Gasteiger partial charge in [-0.1, -0.05) is 12.1 Å². The van der Waals surface area contributed by atoms with Gasteiger partial charge < -0.3 is 24.5 Å². The summed E-state index contributed by atoms with van der Waals surface area (Å²) in [6, 6.07) is 12.5. The maximum absolute atomic E-state index is 12.1. The minimum absolute atomic E-state index is 0.0996. The molecule has 1 heterocycles. The van der Waals surface area contributed by atoms with Crippen LogP contribution in [0.4, 0.5) is 11.4 Å². The number of para-hydroxylation sites is 2. The Balaban J connectivity index is 1.73. The number of nitrogens with zero attached hydrogens (tertiary/aromatic N) is 1. The van der Waals surface area contributed by atoms with E-state index in [1.807, 2.05) is 30.0 Å². The van der Waals surface area contributed by atoms with Crippen LogP contribution in [0.25, 0.3) is 10.9 Å². The summed E-state index contributed by atoms with van der Waals surface area (Å²) < 4.78 is 36.9. The Morgan fingerprint density at radius 2 is 1.94 bits per heavy atom. The fourth-order valence-electron chi connectivity index (χ4n) is 3.60. The van der Waals surface area contributed by atoms with E-state index in [2.05, 4.69) is 9.71 Å². The van der Waals surface area contributed by atoms with E-state index in [9.17, 15) is 18.3 Å². The first-order valence-electron chi connectivity index (χ1n) is 10.6. The molecule has 3 N–H and O–H groups in total. The minimum Gasteiger partial charge on any atom is -0.492 e. The topological polar surface area (TPSA) is 121 Å². The van der Waals surface area contributed by atoms with Gasteiger partial charge in [-0.25, -0.2) is 13.2 Å². The zero-order valence-corrected chi connectivity index (χ0v) is 19.7. The molecular weight excluding hydrogens is 446 g/mol. The van der Waals surface area contributed by atoms with E-state index in [1.165, 1.54) is 0 Å². The summed E-state index contributed by atoms with van der Waals surface area (Å²) in [6.45, 7) is 4.84. The molecule has 0 radical (unpaired) electrons. The van der Waals surface area contributed by atoms with Crippen LogP contribution in [0, 0.1) is 6.92 Å². The highest BCUT2D eigenvalue weighted by Gasteiger charge is 2.17. The number of ether oxygens (including phenoxy) is 2. The molecule has 0 aliphatic heterocycles. The summed E-state index contributed by atoms with van der Waals surface area (Å²) in [5, 5.41) is 10.4. The van der Waals surface area contributed by atoms with E-state index >= 15 is 0 Å². The van der Waals surface area contributed by atoms with Crippen LogP contribution in [0.5, 0.6) is 5.75 Å². The van der Waals surface area contributed by atoms with Crippen LogP contribution in [0.2, 0.25) is 0 Å². The maximum atomic E-state index is 12.1. The lowest BCUT2D eigenvalue weighted by molar-refractivity contribution is 0.0519. The van der Waals surface area contributed by atoms with Crippen molar-refractivity contribution in [3.63, 3.8) is 0 Å². The average molecular weight is 476 g/mol. The van der Waals surface area contributed by atoms with Crippen molar-refractivity contribution >= 4 is 38.3 Å². The van der Waals surface area contributed by atoms with Crippen molar-refractivity contribution in [1.82, 2.24) is 4.98 Å². The molecule has 0 bridgehead atoms. The van der Waals surface area contributed by atoms with Gasteiger partial charge in [-0.2, -0.15) is 0 Å². The molecule has 0 fully saturated rings. The van der Waals surface area contributed by atoms with E-state index < -0.39 is 16.0 Å². The van der Waals surface area contributed by atoms with Gasteiger partial charge in [-0.15, -0.1) is 0 Å². The molecule has 3 rings (SSSR count). The molecule has 0 aliphatic carbocycles. The first-order chi connectivity index (χ1) is 15.7. The molecule has 0 saturated heterocycles. The summed E-state index contributed by atoms with van der Waals surface area (Å²) in [5.41, 5.74) is 3.09. The predicted octanol–water partition coefficient (Wildman–Crippen LogP) is 2.90. The second-order valence-corrected chi connectivity index (χ2v) is 9.25. The van der Waals surface area contributed by atoms with Crippen molar-refractivity contribution in [2.24, 2.45) is 0 Å². The van der Waals surface area contributed by atoms with Gasteiger partial charge in [0.1, 0.15) is 18.1 Å². The highest BCUT2D eigenvalue weighted by Crippen LogP contribution is 2.28. The third-order valence-electron chi connectivity index (χ3n) is 5.05. The molecule has 0 saturated carbocycles. The zero-order chi connectivity index (χ0) is 24.0. The molecule has 0 unspecified atom stereocenters. The number of hydrogen-bond donors (Lipinski definition) is 3. The Hall–Kier alpha value is -3.24. The SMILES string of the molecule is CCOC(=O)c1[nH]c2cc(OCCN(CCO)c3ccccc3NS(C)(=O)=O)ccc2c1C. The number of fused-ring (bicyclic) bond motifs is 1. The predicted molar refractivity (Wildman–Crippen MR) is 129 cm³/mol. The highest BCUT2D eigenvalue weighted by molar-refractivity contribution is 7.92. The third kappa shape index (κ3) is 6.17. The lowest BCUT2D eigenvalue weighted by Crippen LogP contribution is -2.32. The number of aromatic nitrogens is 1. The molecule has 0 aliphatic rings. The van der Waals surface area contributed by atoms with Gasteiger partial charge in [0, 0.05) is 18.0 Å². The van der Waals surface area contributed by atoms with Crippen molar-refractivity contribution in [3.05, 3.63) is 53.7 Å². The molecule has 0 spiro atoms. The molecule has 2 aromatic carbocycles. The molecule has 3 aromatic rings. The number of H-pyrrole nitrogens is 1. The van der Waals surface area contributed by atoms with Crippen LogP contribution in [0.3, 0.4) is 0 Å². The van der Waals surface area contributed by atoms with Crippen LogP contribution in [-0.4, -0.2) is 63.6 Å². The Bertz CT molecular complexity index is 1220. The largest absolute Gasteiger partial charge is 0.492 e. The summed E-state index contributed by atoms with van der Waals surface area (Å²) in [5.74, 6) is 0.223. The lowest BCUT2D eigenvalue weighted by Gasteiger charge is -2.26. The number of aliphatic hydroxyl groups is 1. The van der Waals surface area contributed by atoms with E-state index in [0.717, 1.165) is 22.7 Å². The summed E-state index contributed by atoms with van der Waals surface area (Å²) in [4.78, 5) is 17.1. The van der Waals surface area contributed by atoms with Crippen molar-refractivity contribution in [3.8, 4) is 5.75 Å². The highest BCUT2D eigenvalue weighted by atomic mass is 32.2. The van der Waals surface area contributed by atoms with Gasteiger partial charge >= 0.3 is 5.97 Å². The number of carbonyl (C=O) groups is 1. The number of carbonyl (C=O) groups excluding carboxylic acids is 1. The third-order valence-corrected chi connectivity index (χ3v) is 5.64. The number of esters is 1. The van der Waals surface area contributed by atoms with Gasteiger partial charge in [0.2, 0.25) is 10.0 Å². The van der Waals surface area contributed by atoms with Crippen molar-refractivity contribution < 1.29 is 27.8 Å². The number of nitrogens with one attached hydrogen (secondary N) is 2. The second kappa shape index (κ2) is 10.6. The number of aliphatic hydroxyl groups excluding tert-OH is 1. The van der Waals surface area contributed by atoms with E-state index in [4.69, 9.17) is 9.47 Å². The molecule has 178 valence electrons. The Kier molecular flexibility index (Phi) is 7.83. The quantitative estimate of drug-likeness (QED) is 0.365. The van der Waals surface area contributed by atoms with E-state index in [0.29, 0.717) is 49.1 Å². The van der Waals surface area contributed by atoms with Gasteiger partial charge in [-0.05, 0) is 43.7 Å². The van der Waals surface area contributed by atoms with Crippen molar-refractivity contribution in [2.45, 2.75) is 13.8 Å². The Morgan fingerprint density at radius 1 is 1.18 bits per heavy atom. The number of hydrogen-bond acceptors (Lipinski definition) is 7. The van der Waals surface area contributed by atoms with Crippen LogP contribution < -0.4 is 14.4 Å². The number of rotatable bonds is 11. The average Bonchev–Trinajstić information content (AvgIpc) is 3.09. The zero-order valence-electron chi connectivity index (χ0n) is 18.9. The normalized spacial score (nSPS) is 11.4. The molecule has 9 nitrogen and oxygen atoms in total. The summed E-state index contributed by atoms with van der Waals surface area (Å²) in [7, 11) is -3.45. The smallest absolute Gasteiger partial charge is 0.355 e. The maximum Gasteiger partial charge on any atom is 0.355 e. The Labute approximate surface area is 193 Å². The van der Waals surface area contributed by atoms with Crippen LogP contribution in [-0.2, 0) is 14.8 Å². The monoisotopic (exact) mass is 475 g/mol. The number of anilines is 2. The van der Waals surface area contributed by atoms with Gasteiger partial charge in [0.25, 0.3) is 0 Å². The minimum atomic E-state index is -3.45. The van der Waals surface area contributed by atoms with Crippen LogP contribution in [0.15, 0.2) is 42.5 Å². The van der Waals surface area contributed by atoms with Gasteiger partial charge in [0.05, 0.1) is 42.9 Å². The van der Waals surface area contributed by atoms with Crippen molar-refractivity contribution in [2.75, 3.05) is 48.8 Å². The first-order valence-corrected chi connectivity index (χ1v) is 12.5. The van der Waals surface area contributed by atoms with E-state index in [-0.39, 0.29) is 6.61 Å². The van der Waals surface area contributed by atoms with Gasteiger partial charge in [-0.3, -0.25) is 4.72 Å².